The third-order valence-corrected chi connectivity index (χ3v) is 2.96. The fourth-order valence-electron chi connectivity index (χ4n) is 1.95. The summed E-state index contributed by atoms with van der Waals surface area (Å²) >= 11 is 0. The highest BCUT2D eigenvalue weighted by molar-refractivity contribution is 5.71. The standard InChI is InChI=1S/C11H14N4O4/c1-3-4-5-15-7-6(9(17)14(2)11(15)19)12-10(18)13-8(7)16/h3-5H2,1-2H3,(H2,12,13,16,18). The van der Waals surface area contributed by atoms with Crippen molar-refractivity contribution in [2.45, 2.75) is 26.3 Å². The lowest BCUT2D eigenvalue weighted by atomic mass is 10.3. The summed E-state index contributed by atoms with van der Waals surface area (Å²) in [5.74, 6) is 0. The Labute approximate surface area is 106 Å². The minimum atomic E-state index is -0.768. The van der Waals surface area contributed by atoms with E-state index in [-0.39, 0.29) is 11.0 Å². The molecule has 0 amide bonds. The maximum Gasteiger partial charge on any atom is 0.331 e. The minimum absolute atomic E-state index is 0.0823. The van der Waals surface area contributed by atoms with E-state index in [1.54, 1.807) is 0 Å². The van der Waals surface area contributed by atoms with Crippen LogP contribution in [-0.4, -0.2) is 19.1 Å². The Morgan fingerprint density at radius 3 is 2.42 bits per heavy atom. The minimum Gasteiger partial charge on any atom is -0.301 e. The number of H-pyrrole nitrogens is 2. The Balaban J connectivity index is 3.02. The second-order valence-corrected chi connectivity index (χ2v) is 4.28. The molecule has 0 saturated heterocycles. The average Bonchev–Trinajstić information content (AvgIpc) is 2.36. The van der Waals surface area contributed by atoms with Crippen LogP contribution in [0.4, 0.5) is 0 Å². The molecule has 0 atom stereocenters. The van der Waals surface area contributed by atoms with E-state index < -0.39 is 22.5 Å². The summed E-state index contributed by atoms with van der Waals surface area (Å²) in [5.41, 5.74) is -2.98. The first-order valence-corrected chi connectivity index (χ1v) is 5.93. The molecule has 19 heavy (non-hydrogen) atoms. The van der Waals surface area contributed by atoms with E-state index in [4.69, 9.17) is 0 Å². The van der Waals surface area contributed by atoms with Crippen molar-refractivity contribution in [1.29, 1.82) is 0 Å². The fourth-order valence-corrected chi connectivity index (χ4v) is 1.95. The van der Waals surface area contributed by atoms with Crippen LogP contribution in [0, 0.1) is 0 Å². The lowest BCUT2D eigenvalue weighted by Gasteiger charge is -2.09. The van der Waals surface area contributed by atoms with E-state index >= 15 is 0 Å². The first kappa shape index (κ1) is 13.1. The molecule has 2 heterocycles. The van der Waals surface area contributed by atoms with E-state index in [1.165, 1.54) is 11.6 Å². The highest BCUT2D eigenvalue weighted by Gasteiger charge is 2.14. The predicted molar refractivity (Wildman–Crippen MR) is 69.6 cm³/mol. The first-order valence-electron chi connectivity index (χ1n) is 5.93. The molecular weight excluding hydrogens is 252 g/mol. The van der Waals surface area contributed by atoms with Gasteiger partial charge in [0, 0.05) is 13.6 Å². The van der Waals surface area contributed by atoms with Crippen LogP contribution in [0.15, 0.2) is 19.2 Å². The number of rotatable bonds is 3. The molecule has 0 saturated carbocycles. The normalized spacial score (nSPS) is 11.1. The molecule has 2 N–H and O–H groups in total. The second kappa shape index (κ2) is 4.71. The zero-order valence-corrected chi connectivity index (χ0v) is 10.6. The van der Waals surface area contributed by atoms with Crippen LogP contribution >= 0.6 is 0 Å². The van der Waals surface area contributed by atoms with Gasteiger partial charge in [0.05, 0.1) is 0 Å². The van der Waals surface area contributed by atoms with Crippen LogP contribution in [0.3, 0.4) is 0 Å². The van der Waals surface area contributed by atoms with Crippen LogP contribution in [0.2, 0.25) is 0 Å². The van der Waals surface area contributed by atoms with Crippen LogP contribution in [-0.2, 0) is 13.6 Å². The van der Waals surface area contributed by atoms with Gasteiger partial charge in [-0.2, -0.15) is 0 Å². The van der Waals surface area contributed by atoms with Gasteiger partial charge in [0.2, 0.25) is 0 Å². The molecule has 0 fully saturated rings. The zero-order valence-electron chi connectivity index (χ0n) is 10.6. The molecule has 2 aromatic rings. The number of nitrogens with zero attached hydrogens (tertiary/aromatic N) is 2. The van der Waals surface area contributed by atoms with E-state index in [0.29, 0.717) is 13.0 Å². The van der Waals surface area contributed by atoms with Gasteiger partial charge in [0.1, 0.15) is 11.0 Å². The van der Waals surface area contributed by atoms with Crippen LogP contribution in [0.5, 0.6) is 0 Å². The van der Waals surface area contributed by atoms with Crippen molar-refractivity contribution in [3.8, 4) is 0 Å². The lowest BCUT2D eigenvalue weighted by molar-refractivity contribution is 0.584. The summed E-state index contributed by atoms with van der Waals surface area (Å²) in [5, 5.41) is 0. The second-order valence-electron chi connectivity index (χ2n) is 4.28. The smallest absolute Gasteiger partial charge is 0.301 e. The molecule has 0 radical (unpaired) electrons. The SMILES string of the molecule is CCCCn1c(=O)n(C)c(=O)c2[nH]c(=O)[nH]c(=O)c21. The molecule has 0 unspecified atom stereocenters. The number of hydrogen-bond donors (Lipinski definition) is 2. The summed E-state index contributed by atoms with van der Waals surface area (Å²) in [6, 6.07) is 0. The van der Waals surface area contributed by atoms with Gasteiger partial charge in [-0.25, -0.2) is 9.59 Å². The molecule has 0 aliphatic rings. The Bertz CT molecular complexity index is 852. The predicted octanol–water partition coefficient (Wildman–Crippen LogP) is -1.12. The maximum atomic E-state index is 12.0. The first-order chi connectivity index (χ1) is 8.97. The number of aryl methyl sites for hydroxylation is 1. The van der Waals surface area contributed by atoms with E-state index in [1.807, 2.05) is 11.9 Å². The van der Waals surface area contributed by atoms with Gasteiger partial charge in [-0.05, 0) is 6.42 Å². The molecule has 2 aromatic heterocycles. The quantitative estimate of drug-likeness (QED) is 0.733. The van der Waals surface area contributed by atoms with Gasteiger partial charge in [0.25, 0.3) is 11.1 Å². The lowest BCUT2D eigenvalue weighted by Crippen LogP contribution is -2.42. The molecule has 0 spiro atoms. The van der Waals surface area contributed by atoms with Crippen molar-refractivity contribution in [2.24, 2.45) is 7.05 Å². The van der Waals surface area contributed by atoms with Crippen molar-refractivity contribution in [1.82, 2.24) is 19.1 Å². The Morgan fingerprint density at radius 2 is 1.79 bits per heavy atom. The summed E-state index contributed by atoms with van der Waals surface area (Å²) in [4.78, 5) is 51.3. The topological polar surface area (TPSA) is 110 Å². The van der Waals surface area contributed by atoms with E-state index in [0.717, 1.165) is 11.0 Å². The van der Waals surface area contributed by atoms with E-state index in [9.17, 15) is 19.2 Å². The monoisotopic (exact) mass is 266 g/mol. The maximum absolute atomic E-state index is 12.0. The molecular formula is C11H14N4O4. The Morgan fingerprint density at radius 1 is 1.11 bits per heavy atom. The molecule has 8 nitrogen and oxygen atoms in total. The molecule has 0 aromatic carbocycles. The van der Waals surface area contributed by atoms with Gasteiger partial charge in [-0.3, -0.25) is 23.7 Å². The highest BCUT2D eigenvalue weighted by Crippen LogP contribution is 1.99. The Hall–Kier alpha value is -2.38. The largest absolute Gasteiger partial charge is 0.331 e. The van der Waals surface area contributed by atoms with Crippen molar-refractivity contribution < 1.29 is 0 Å². The Kier molecular flexibility index (Phi) is 3.24. The number of aromatic amines is 2. The van der Waals surface area contributed by atoms with Crippen molar-refractivity contribution >= 4 is 11.0 Å². The van der Waals surface area contributed by atoms with Crippen LogP contribution < -0.4 is 22.5 Å². The van der Waals surface area contributed by atoms with Crippen molar-refractivity contribution in [2.75, 3.05) is 0 Å². The number of hydrogen-bond acceptors (Lipinski definition) is 4. The molecule has 8 heteroatoms. The number of nitrogens with one attached hydrogen (secondary N) is 2. The summed E-state index contributed by atoms with van der Waals surface area (Å²) in [6.45, 7) is 2.26. The molecule has 2 rings (SSSR count). The third kappa shape index (κ3) is 2.05. The number of aromatic nitrogens is 4. The molecule has 0 bridgehead atoms. The summed E-state index contributed by atoms with van der Waals surface area (Å²) in [7, 11) is 1.31. The van der Waals surface area contributed by atoms with E-state index in [2.05, 4.69) is 4.98 Å². The summed E-state index contributed by atoms with van der Waals surface area (Å²) < 4.78 is 2.10. The van der Waals surface area contributed by atoms with Gasteiger partial charge in [-0.15, -0.1) is 0 Å². The average molecular weight is 266 g/mol. The van der Waals surface area contributed by atoms with Gasteiger partial charge in [-0.1, -0.05) is 13.3 Å². The van der Waals surface area contributed by atoms with Gasteiger partial charge in [0.15, 0.2) is 0 Å². The van der Waals surface area contributed by atoms with Crippen molar-refractivity contribution in [3.63, 3.8) is 0 Å². The van der Waals surface area contributed by atoms with Gasteiger partial charge >= 0.3 is 11.4 Å². The third-order valence-electron chi connectivity index (χ3n) is 2.96. The molecule has 102 valence electrons. The fraction of sp³-hybridized carbons (Fsp3) is 0.455. The summed E-state index contributed by atoms with van der Waals surface area (Å²) in [6.07, 6.45) is 1.52. The van der Waals surface area contributed by atoms with Crippen LogP contribution in [0.25, 0.3) is 11.0 Å². The highest BCUT2D eigenvalue weighted by atomic mass is 16.2. The number of fused-ring (bicyclic) bond motifs is 1. The zero-order chi connectivity index (χ0) is 14.2. The van der Waals surface area contributed by atoms with Crippen molar-refractivity contribution in [3.05, 3.63) is 41.7 Å². The van der Waals surface area contributed by atoms with Gasteiger partial charge < -0.3 is 4.98 Å². The molecule has 0 aliphatic heterocycles. The molecule has 0 aliphatic carbocycles. The van der Waals surface area contributed by atoms with Crippen LogP contribution in [0.1, 0.15) is 19.8 Å². The number of unbranched alkanes of at least 4 members (excludes halogenated alkanes) is 1.